The molecule has 3 rings (SSSR count). The Morgan fingerprint density at radius 1 is 1.11 bits per heavy atom. The van der Waals surface area contributed by atoms with E-state index >= 15 is 0 Å². The summed E-state index contributed by atoms with van der Waals surface area (Å²) >= 11 is 0. The number of aromatic carboxylic acids is 1. The van der Waals surface area contributed by atoms with Crippen molar-refractivity contribution in [3.05, 3.63) is 48.0 Å². The molecule has 0 radical (unpaired) electrons. The minimum atomic E-state index is -0.961. The zero-order chi connectivity index (χ0) is 13.4. The van der Waals surface area contributed by atoms with Crippen molar-refractivity contribution in [1.29, 1.82) is 0 Å². The monoisotopic (exact) mass is 253 g/mol. The Morgan fingerprint density at radius 2 is 1.84 bits per heavy atom. The maximum atomic E-state index is 11.6. The van der Waals surface area contributed by atoms with Gasteiger partial charge in [-0.3, -0.25) is 0 Å². The van der Waals surface area contributed by atoms with E-state index < -0.39 is 5.97 Å². The van der Waals surface area contributed by atoms with Crippen LogP contribution in [0.5, 0.6) is 5.75 Å². The number of carboxylic acids is 1. The molecule has 0 aliphatic rings. The first-order valence-electron chi connectivity index (χ1n) is 5.80. The van der Waals surface area contributed by atoms with Crippen LogP contribution in [0.3, 0.4) is 0 Å². The van der Waals surface area contributed by atoms with Gasteiger partial charge in [0.2, 0.25) is 0 Å². The fraction of sp³-hybridized carbons (Fsp3) is 0.0667. The molecule has 0 aliphatic heterocycles. The molecular weight excluding hydrogens is 242 g/mol. The SMILES string of the molecule is COc1ccc2nc3ccccc3c(C(=O)O)c2c1. The lowest BCUT2D eigenvalue weighted by Gasteiger charge is -2.08. The smallest absolute Gasteiger partial charge is 0.337 e. The summed E-state index contributed by atoms with van der Waals surface area (Å²) in [5, 5.41) is 10.7. The third kappa shape index (κ3) is 1.78. The number of benzene rings is 2. The number of fused-ring (bicyclic) bond motifs is 2. The van der Waals surface area contributed by atoms with Crippen LogP contribution in [0.1, 0.15) is 10.4 Å². The number of aromatic nitrogens is 1. The van der Waals surface area contributed by atoms with Crippen LogP contribution >= 0.6 is 0 Å². The minimum absolute atomic E-state index is 0.263. The minimum Gasteiger partial charge on any atom is -0.497 e. The van der Waals surface area contributed by atoms with E-state index in [2.05, 4.69) is 4.98 Å². The van der Waals surface area contributed by atoms with Gasteiger partial charge < -0.3 is 9.84 Å². The normalized spacial score (nSPS) is 10.8. The van der Waals surface area contributed by atoms with E-state index in [0.717, 1.165) is 0 Å². The van der Waals surface area contributed by atoms with Crippen LogP contribution in [0.4, 0.5) is 0 Å². The van der Waals surface area contributed by atoms with Crippen LogP contribution in [0, 0.1) is 0 Å². The average Bonchev–Trinajstić information content (AvgIpc) is 2.43. The molecule has 0 atom stereocenters. The van der Waals surface area contributed by atoms with E-state index in [0.29, 0.717) is 27.6 Å². The van der Waals surface area contributed by atoms with Gasteiger partial charge in [-0.25, -0.2) is 9.78 Å². The predicted octanol–water partition coefficient (Wildman–Crippen LogP) is 3.09. The molecule has 0 fully saturated rings. The first kappa shape index (κ1) is 11.5. The molecule has 2 aromatic carbocycles. The second-order valence-electron chi connectivity index (χ2n) is 4.19. The van der Waals surface area contributed by atoms with E-state index in [9.17, 15) is 9.90 Å². The lowest BCUT2D eigenvalue weighted by atomic mass is 10.0. The van der Waals surface area contributed by atoms with Crippen LogP contribution in [0.25, 0.3) is 21.8 Å². The molecule has 1 N–H and O–H groups in total. The predicted molar refractivity (Wildman–Crippen MR) is 72.8 cm³/mol. The Labute approximate surface area is 109 Å². The van der Waals surface area contributed by atoms with Gasteiger partial charge in [-0.1, -0.05) is 18.2 Å². The number of hydrogen-bond donors (Lipinski definition) is 1. The van der Waals surface area contributed by atoms with Crippen LogP contribution in [0.2, 0.25) is 0 Å². The number of pyridine rings is 1. The Balaban J connectivity index is 2.52. The maximum absolute atomic E-state index is 11.6. The lowest BCUT2D eigenvalue weighted by Crippen LogP contribution is -2.01. The van der Waals surface area contributed by atoms with Crippen molar-refractivity contribution >= 4 is 27.8 Å². The molecule has 4 heteroatoms. The van der Waals surface area contributed by atoms with Crippen molar-refractivity contribution in [3.8, 4) is 5.75 Å². The van der Waals surface area contributed by atoms with Crippen molar-refractivity contribution in [2.45, 2.75) is 0 Å². The molecule has 19 heavy (non-hydrogen) atoms. The van der Waals surface area contributed by atoms with Crippen LogP contribution in [-0.2, 0) is 0 Å². The highest BCUT2D eigenvalue weighted by atomic mass is 16.5. The number of nitrogens with zero attached hydrogens (tertiary/aromatic N) is 1. The highest BCUT2D eigenvalue weighted by Crippen LogP contribution is 2.28. The first-order chi connectivity index (χ1) is 9.20. The van der Waals surface area contributed by atoms with Gasteiger partial charge in [-0.15, -0.1) is 0 Å². The van der Waals surface area contributed by atoms with Gasteiger partial charge in [0.15, 0.2) is 0 Å². The zero-order valence-corrected chi connectivity index (χ0v) is 10.3. The number of carbonyl (C=O) groups is 1. The molecule has 3 aromatic rings. The topological polar surface area (TPSA) is 59.4 Å². The number of ether oxygens (including phenoxy) is 1. The summed E-state index contributed by atoms with van der Waals surface area (Å²) in [6.45, 7) is 0. The van der Waals surface area contributed by atoms with Crippen LogP contribution in [-0.4, -0.2) is 23.2 Å². The van der Waals surface area contributed by atoms with Crippen LogP contribution < -0.4 is 4.74 Å². The molecule has 0 unspecified atom stereocenters. The van der Waals surface area contributed by atoms with E-state index in [-0.39, 0.29) is 5.56 Å². The van der Waals surface area contributed by atoms with Crippen molar-refractivity contribution in [3.63, 3.8) is 0 Å². The summed E-state index contributed by atoms with van der Waals surface area (Å²) in [5.41, 5.74) is 1.59. The summed E-state index contributed by atoms with van der Waals surface area (Å²) in [6, 6.07) is 12.5. The number of carboxylic acid groups (broad SMARTS) is 1. The lowest BCUT2D eigenvalue weighted by molar-refractivity contribution is 0.0701. The molecule has 0 spiro atoms. The standard InChI is InChI=1S/C15H11NO3/c1-19-9-6-7-13-11(8-9)14(15(17)18)10-4-2-3-5-12(10)16-13/h2-8H,1H3,(H,17,18). The number of rotatable bonds is 2. The molecular formula is C15H11NO3. The van der Waals surface area contributed by atoms with Gasteiger partial charge >= 0.3 is 5.97 Å². The molecule has 0 saturated heterocycles. The Kier molecular flexibility index (Phi) is 2.56. The fourth-order valence-electron chi connectivity index (χ4n) is 2.23. The van der Waals surface area contributed by atoms with Crippen molar-refractivity contribution in [1.82, 2.24) is 4.98 Å². The third-order valence-corrected chi connectivity index (χ3v) is 3.10. The maximum Gasteiger partial charge on any atom is 0.337 e. The van der Waals surface area contributed by atoms with Gasteiger partial charge in [0.1, 0.15) is 5.75 Å². The molecule has 0 aliphatic carbocycles. The Morgan fingerprint density at radius 3 is 2.58 bits per heavy atom. The van der Waals surface area contributed by atoms with Gasteiger partial charge in [0.25, 0.3) is 0 Å². The Bertz CT molecular complexity index is 796. The number of para-hydroxylation sites is 1. The highest BCUT2D eigenvalue weighted by molar-refractivity contribution is 6.13. The van der Waals surface area contributed by atoms with Crippen LogP contribution in [0.15, 0.2) is 42.5 Å². The molecule has 0 amide bonds. The summed E-state index contributed by atoms with van der Waals surface area (Å²) in [5.74, 6) is -0.344. The number of methoxy groups -OCH3 is 1. The fourth-order valence-corrected chi connectivity index (χ4v) is 2.23. The van der Waals surface area contributed by atoms with Gasteiger partial charge in [0.05, 0.1) is 23.7 Å². The van der Waals surface area contributed by atoms with E-state index in [1.165, 1.54) is 0 Å². The molecule has 1 heterocycles. The summed E-state index contributed by atoms with van der Waals surface area (Å²) in [4.78, 5) is 16.0. The van der Waals surface area contributed by atoms with Crippen molar-refractivity contribution in [2.75, 3.05) is 7.11 Å². The second kappa shape index (κ2) is 4.24. The molecule has 0 saturated carbocycles. The molecule has 1 aromatic heterocycles. The summed E-state index contributed by atoms with van der Waals surface area (Å²) < 4.78 is 5.15. The molecule has 4 nitrogen and oxygen atoms in total. The van der Waals surface area contributed by atoms with Crippen molar-refractivity contribution in [2.24, 2.45) is 0 Å². The second-order valence-corrected chi connectivity index (χ2v) is 4.19. The van der Waals surface area contributed by atoms with E-state index in [4.69, 9.17) is 4.74 Å². The average molecular weight is 253 g/mol. The Hall–Kier alpha value is -2.62. The summed E-state index contributed by atoms with van der Waals surface area (Å²) in [6.07, 6.45) is 0. The van der Waals surface area contributed by atoms with Gasteiger partial charge in [-0.05, 0) is 24.3 Å². The van der Waals surface area contributed by atoms with E-state index in [1.807, 2.05) is 18.2 Å². The van der Waals surface area contributed by atoms with Gasteiger partial charge in [-0.2, -0.15) is 0 Å². The largest absolute Gasteiger partial charge is 0.497 e. The first-order valence-corrected chi connectivity index (χ1v) is 5.80. The third-order valence-electron chi connectivity index (χ3n) is 3.10. The molecule has 0 bridgehead atoms. The quantitative estimate of drug-likeness (QED) is 0.713. The molecule has 94 valence electrons. The van der Waals surface area contributed by atoms with Crippen molar-refractivity contribution < 1.29 is 14.6 Å². The zero-order valence-electron chi connectivity index (χ0n) is 10.3. The summed E-state index contributed by atoms with van der Waals surface area (Å²) in [7, 11) is 1.55. The van der Waals surface area contributed by atoms with Gasteiger partial charge in [0, 0.05) is 10.8 Å². The number of hydrogen-bond acceptors (Lipinski definition) is 3. The highest BCUT2D eigenvalue weighted by Gasteiger charge is 2.15. The van der Waals surface area contributed by atoms with E-state index in [1.54, 1.807) is 31.4 Å².